The SMILES string of the molecule is C1=C(C2CCC2)CC[C@]2(C1)CC2C1CCCC1. The Morgan fingerprint density at radius 1 is 1.00 bits per heavy atom. The zero-order valence-corrected chi connectivity index (χ0v) is 11.1. The summed E-state index contributed by atoms with van der Waals surface area (Å²) in [6.07, 6.45) is 19.4. The van der Waals surface area contributed by atoms with Crippen LogP contribution in [0.25, 0.3) is 0 Å². The molecule has 4 rings (SSSR count). The van der Waals surface area contributed by atoms with Gasteiger partial charge in [-0.25, -0.2) is 0 Å². The maximum Gasteiger partial charge on any atom is -0.0203 e. The monoisotopic (exact) mass is 230 g/mol. The maximum absolute atomic E-state index is 2.68. The maximum atomic E-state index is 2.68. The van der Waals surface area contributed by atoms with Crippen molar-refractivity contribution in [3.05, 3.63) is 11.6 Å². The molecule has 3 fully saturated rings. The number of allylic oxidation sites excluding steroid dienone is 2. The minimum absolute atomic E-state index is 0.822. The molecule has 3 saturated carbocycles. The van der Waals surface area contributed by atoms with E-state index in [0.29, 0.717) is 0 Å². The van der Waals surface area contributed by atoms with Crippen molar-refractivity contribution in [1.82, 2.24) is 0 Å². The summed E-state index contributed by atoms with van der Waals surface area (Å²) in [5.41, 5.74) is 2.68. The van der Waals surface area contributed by atoms with Gasteiger partial charge in [-0.05, 0) is 61.7 Å². The Morgan fingerprint density at radius 3 is 2.41 bits per heavy atom. The first-order valence-corrected chi connectivity index (χ1v) is 8.06. The van der Waals surface area contributed by atoms with Gasteiger partial charge in [-0.15, -0.1) is 0 Å². The summed E-state index contributed by atoms with van der Waals surface area (Å²) >= 11 is 0. The van der Waals surface area contributed by atoms with Gasteiger partial charge < -0.3 is 0 Å². The van der Waals surface area contributed by atoms with Gasteiger partial charge in [0.2, 0.25) is 0 Å². The van der Waals surface area contributed by atoms with E-state index in [1.54, 1.807) is 25.7 Å². The molecule has 0 bridgehead atoms. The minimum atomic E-state index is 0.822. The fraction of sp³-hybridized carbons (Fsp3) is 0.882. The van der Waals surface area contributed by atoms with Gasteiger partial charge in [0.15, 0.2) is 0 Å². The molecule has 17 heavy (non-hydrogen) atoms. The third-order valence-electron chi connectivity index (χ3n) is 6.53. The Labute approximate surface area is 106 Å². The van der Waals surface area contributed by atoms with Crippen molar-refractivity contribution in [2.75, 3.05) is 0 Å². The van der Waals surface area contributed by atoms with Crippen molar-refractivity contribution < 1.29 is 0 Å². The van der Waals surface area contributed by atoms with Crippen LogP contribution in [0.1, 0.15) is 70.6 Å². The lowest BCUT2D eigenvalue weighted by molar-refractivity contribution is 0.300. The second kappa shape index (κ2) is 3.87. The van der Waals surface area contributed by atoms with Crippen LogP contribution in [-0.4, -0.2) is 0 Å². The predicted octanol–water partition coefficient (Wildman–Crippen LogP) is 5.09. The summed E-state index contributed by atoms with van der Waals surface area (Å²) in [5, 5.41) is 0. The molecule has 0 nitrogen and oxygen atoms in total. The van der Waals surface area contributed by atoms with E-state index in [-0.39, 0.29) is 0 Å². The van der Waals surface area contributed by atoms with Crippen LogP contribution in [-0.2, 0) is 0 Å². The van der Waals surface area contributed by atoms with Crippen LogP contribution >= 0.6 is 0 Å². The highest BCUT2D eigenvalue weighted by Crippen LogP contribution is 2.66. The summed E-state index contributed by atoms with van der Waals surface area (Å²) in [6, 6.07) is 0. The summed E-state index contributed by atoms with van der Waals surface area (Å²) in [5.74, 6) is 3.30. The second-order valence-corrected chi connectivity index (χ2v) is 7.33. The van der Waals surface area contributed by atoms with Gasteiger partial charge in [0, 0.05) is 0 Å². The van der Waals surface area contributed by atoms with E-state index in [1.165, 1.54) is 44.9 Å². The third-order valence-corrected chi connectivity index (χ3v) is 6.53. The Balaban J connectivity index is 1.40. The molecular formula is C17H26. The average molecular weight is 230 g/mol. The second-order valence-electron chi connectivity index (χ2n) is 7.33. The van der Waals surface area contributed by atoms with Gasteiger partial charge in [0.1, 0.15) is 0 Å². The van der Waals surface area contributed by atoms with E-state index >= 15 is 0 Å². The largest absolute Gasteiger partial charge is 0.0845 e. The van der Waals surface area contributed by atoms with E-state index in [2.05, 4.69) is 6.08 Å². The molecular weight excluding hydrogens is 204 g/mol. The summed E-state index contributed by atoms with van der Waals surface area (Å²) in [6.45, 7) is 0. The molecule has 0 heterocycles. The van der Waals surface area contributed by atoms with Crippen LogP contribution in [0.5, 0.6) is 0 Å². The van der Waals surface area contributed by atoms with E-state index in [0.717, 1.165) is 23.2 Å². The molecule has 0 N–H and O–H groups in total. The first-order chi connectivity index (χ1) is 8.37. The van der Waals surface area contributed by atoms with E-state index in [4.69, 9.17) is 0 Å². The molecule has 0 aromatic carbocycles. The molecule has 4 aliphatic carbocycles. The smallest absolute Gasteiger partial charge is 0.0203 e. The molecule has 1 unspecified atom stereocenters. The average Bonchev–Trinajstić information content (AvgIpc) is 2.75. The highest BCUT2D eigenvalue weighted by atomic mass is 14.6. The third kappa shape index (κ3) is 1.71. The molecule has 4 aliphatic rings. The van der Waals surface area contributed by atoms with Gasteiger partial charge in [0.05, 0.1) is 0 Å². The lowest BCUT2D eigenvalue weighted by Crippen LogP contribution is -2.19. The van der Waals surface area contributed by atoms with Crippen LogP contribution in [0, 0.1) is 23.2 Å². The predicted molar refractivity (Wildman–Crippen MR) is 71.8 cm³/mol. The highest BCUT2D eigenvalue weighted by Gasteiger charge is 2.56. The minimum Gasteiger partial charge on any atom is -0.0845 e. The van der Waals surface area contributed by atoms with Gasteiger partial charge in [0.25, 0.3) is 0 Å². The fourth-order valence-corrected chi connectivity index (χ4v) is 5.01. The Kier molecular flexibility index (Phi) is 2.42. The summed E-state index contributed by atoms with van der Waals surface area (Å²) in [7, 11) is 0. The molecule has 0 radical (unpaired) electrons. The number of hydrogen-bond acceptors (Lipinski definition) is 0. The Bertz CT molecular complexity index is 330. The molecule has 0 amide bonds. The quantitative estimate of drug-likeness (QED) is 0.579. The lowest BCUT2D eigenvalue weighted by atomic mass is 9.72. The Morgan fingerprint density at radius 2 is 1.82 bits per heavy atom. The molecule has 0 aromatic heterocycles. The topological polar surface area (TPSA) is 0 Å². The standard InChI is InChI=1S/C17H26/c1-2-5-15(4-1)16-12-17(16)10-8-14(9-11-17)13-6-3-7-13/h8,13,15-16H,1-7,9-12H2/t16?,17-/m1/s1. The summed E-state index contributed by atoms with van der Waals surface area (Å²) < 4.78 is 0. The molecule has 2 atom stereocenters. The van der Waals surface area contributed by atoms with E-state index < -0.39 is 0 Å². The van der Waals surface area contributed by atoms with Crippen molar-refractivity contribution >= 4 is 0 Å². The summed E-state index contributed by atoms with van der Waals surface area (Å²) in [4.78, 5) is 0. The van der Waals surface area contributed by atoms with Crippen LogP contribution in [0.3, 0.4) is 0 Å². The van der Waals surface area contributed by atoms with Crippen molar-refractivity contribution in [3.8, 4) is 0 Å². The zero-order valence-electron chi connectivity index (χ0n) is 11.1. The van der Waals surface area contributed by atoms with Crippen LogP contribution in [0.2, 0.25) is 0 Å². The van der Waals surface area contributed by atoms with Crippen molar-refractivity contribution in [2.24, 2.45) is 23.2 Å². The molecule has 0 heteroatoms. The van der Waals surface area contributed by atoms with Gasteiger partial charge in [-0.2, -0.15) is 0 Å². The first-order valence-electron chi connectivity index (χ1n) is 8.06. The molecule has 1 spiro atoms. The van der Waals surface area contributed by atoms with Crippen LogP contribution in [0.4, 0.5) is 0 Å². The molecule has 94 valence electrons. The van der Waals surface area contributed by atoms with E-state index in [9.17, 15) is 0 Å². The van der Waals surface area contributed by atoms with Gasteiger partial charge >= 0.3 is 0 Å². The fourth-order valence-electron chi connectivity index (χ4n) is 5.01. The molecule has 0 aromatic rings. The Hall–Kier alpha value is -0.260. The first kappa shape index (κ1) is 10.6. The highest BCUT2D eigenvalue weighted by molar-refractivity contribution is 5.20. The van der Waals surface area contributed by atoms with Gasteiger partial charge in [-0.3, -0.25) is 0 Å². The number of rotatable bonds is 2. The normalized spacial score (nSPS) is 42.6. The van der Waals surface area contributed by atoms with Crippen molar-refractivity contribution in [3.63, 3.8) is 0 Å². The molecule has 0 aliphatic heterocycles. The number of hydrogen-bond donors (Lipinski definition) is 0. The zero-order chi connectivity index (χ0) is 11.3. The van der Waals surface area contributed by atoms with Crippen LogP contribution < -0.4 is 0 Å². The van der Waals surface area contributed by atoms with Gasteiger partial charge in [-0.1, -0.05) is 43.8 Å². The van der Waals surface area contributed by atoms with Crippen LogP contribution in [0.15, 0.2) is 11.6 Å². The lowest BCUT2D eigenvalue weighted by Gasteiger charge is -2.33. The van der Waals surface area contributed by atoms with E-state index in [1.807, 2.05) is 5.57 Å². The molecule has 0 saturated heterocycles. The van der Waals surface area contributed by atoms with Crippen molar-refractivity contribution in [1.29, 1.82) is 0 Å². The van der Waals surface area contributed by atoms with Crippen molar-refractivity contribution in [2.45, 2.75) is 70.6 Å².